The number of nitro groups is 1. The number of nitro benzene ring substituents is 1. The Morgan fingerprint density at radius 2 is 1.70 bits per heavy atom. The second-order valence-electron chi connectivity index (χ2n) is 6.31. The van der Waals surface area contributed by atoms with Crippen LogP contribution in [0.15, 0.2) is 33.9 Å². The van der Waals surface area contributed by atoms with Crippen molar-refractivity contribution in [1.82, 2.24) is 9.13 Å². The Bertz CT molecular complexity index is 1130. The number of anilines is 2. The maximum atomic E-state index is 12.3. The molecule has 1 aliphatic heterocycles. The predicted molar refractivity (Wildman–Crippen MR) is 102 cm³/mol. The molecule has 0 atom stereocenters. The molecule has 158 valence electrons. The number of benzene rings is 1. The smallest absolute Gasteiger partial charge is 0.408 e. The van der Waals surface area contributed by atoms with Crippen molar-refractivity contribution in [2.45, 2.75) is 6.42 Å². The summed E-state index contributed by atoms with van der Waals surface area (Å²) in [5.74, 6) is -3.35. The van der Waals surface area contributed by atoms with Gasteiger partial charge in [-0.25, -0.2) is 14.4 Å². The molecule has 0 aliphatic carbocycles. The van der Waals surface area contributed by atoms with Gasteiger partial charge in [-0.1, -0.05) is 0 Å². The van der Waals surface area contributed by atoms with Crippen LogP contribution < -0.4 is 26.4 Å². The van der Waals surface area contributed by atoms with Crippen molar-refractivity contribution >= 4 is 29.1 Å². The van der Waals surface area contributed by atoms with Gasteiger partial charge in [0.25, 0.3) is 5.69 Å². The molecule has 0 unspecified atom stereocenters. The first-order chi connectivity index (χ1) is 14.2. The molecule has 0 fully saturated rings. The van der Waals surface area contributed by atoms with E-state index >= 15 is 0 Å². The fourth-order valence-corrected chi connectivity index (χ4v) is 2.80. The van der Waals surface area contributed by atoms with Crippen LogP contribution in [0.4, 0.5) is 17.2 Å². The summed E-state index contributed by atoms with van der Waals surface area (Å²) >= 11 is 0. The lowest BCUT2D eigenvalue weighted by Crippen LogP contribution is -2.41. The van der Waals surface area contributed by atoms with E-state index in [9.17, 15) is 29.3 Å². The Balaban J connectivity index is 1.77. The lowest BCUT2D eigenvalue weighted by molar-refractivity contribution is -0.384. The zero-order valence-electron chi connectivity index (χ0n) is 16.0. The summed E-state index contributed by atoms with van der Waals surface area (Å²) in [6.07, 6.45) is 0.349. The Morgan fingerprint density at radius 1 is 1.03 bits per heavy atom. The van der Waals surface area contributed by atoms with Crippen molar-refractivity contribution in [3.63, 3.8) is 0 Å². The van der Waals surface area contributed by atoms with Gasteiger partial charge in [-0.15, -0.1) is 0 Å². The van der Waals surface area contributed by atoms with Gasteiger partial charge in [0.2, 0.25) is 5.75 Å². The van der Waals surface area contributed by atoms with Gasteiger partial charge in [-0.2, -0.15) is 5.06 Å². The first-order valence-corrected chi connectivity index (χ1v) is 8.70. The molecule has 1 N–H and O–H groups in total. The predicted octanol–water partition coefficient (Wildman–Crippen LogP) is -0.322. The van der Waals surface area contributed by atoms with Gasteiger partial charge in [-0.05, 0) is 18.6 Å². The van der Waals surface area contributed by atoms with Crippen LogP contribution in [0.1, 0.15) is 6.42 Å². The fraction of sp³-hybridized carbons (Fsp3) is 0.294. The number of fused-ring (bicyclic) bond motifs is 1. The number of hydrogen-bond acceptors (Lipinski definition) is 10. The molecule has 1 aromatic carbocycles. The average molecular weight is 419 g/mol. The molecular formula is C17H17N5O8. The van der Waals surface area contributed by atoms with E-state index in [0.717, 1.165) is 14.2 Å². The molecule has 0 radical (unpaired) electrons. The van der Waals surface area contributed by atoms with Crippen LogP contribution in [-0.4, -0.2) is 39.1 Å². The van der Waals surface area contributed by atoms with Gasteiger partial charge in [0, 0.05) is 38.5 Å². The molecule has 0 bridgehead atoms. The molecule has 30 heavy (non-hydrogen) atoms. The minimum absolute atomic E-state index is 0.0236. The highest BCUT2D eigenvalue weighted by Crippen LogP contribution is 2.26. The highest BCUT2D eigenvalue weighted by atomic mass is 16.7. The molecule has 1 aromatic heterocycles. The summed E-state index contributed by atoms with van der Waals surface area (Å²) < 4.78 is 6.61. The number of rotatable bonds is 6. The zero-order valence-corrected chi connectivity index (χ0v) is 16.0. The highest BCUT2D eigenvalue weighted by Gasteiger charge is 2.34. The standard InChI is InChI=1S/C17H17N5O8/c1-19-13-12(14(23)20(2)17(19)26)29-15(24)16(25)30-21(13)9-3-8-18-10-4-6-11(7-5-10)22(27)28/h4-7,18H,3,8-9H2,1-2H3. The van der Waals surface area contributed by atoms with Crippen LogP contribution >= 0.6 is 0 Å². The van der Waals surface area contributed by atoms with E-state index in [0.29, 0.717) is 18.7 Å². The van der Waals surface area contributed by atoms with Crippen LogP contribution in [0, 0.1) is 10.1 Å². The van der Waals surface area contributed by atoms with Crippen molar-refractivity contribution < 1.29 is 24.1 Å². The summed E-state index contributed by atoms with van der Waals surface area (Å²) in [6, 6.07) is 5.78. The third kappa shape index (κ3) is 3.85. The average Bonchev–Trinajstić information content (AvgIpc) is 2.85. The van der Waals surface area contributed by atoms with Crippen LogP contribution in [0.3, 0.4) is 0 Å². The quantitative estimate of drug-likeness (QED) is 0.216. The van der Waals surface area contributed by atoms with E-state index < -0.39 is 33.9 Å². The molecule has 0 spiro atoms. The third-order valence-corrected chi connectivity index (χ3v) is 4.33. The fourth-order valence-electron chi connectivity index (χ4n) is 2.80. The van der Waals surface area contributed by atoms with Gasteiger partial charge in [-0.3, -0.25) is 24.0 Å². The molecule has 0 amide bonds. The minimum atomic E-state index is -1.38. The number of nitrogens with one attached hydrogen (secondary N) is 1. The number of non-ortho nitro benzene ring substituents is 1. The van der Waals surface area contributed by atoms with Crippen LogP contribution in [0.5, 0.6) is 5.75 Å². The van der Waals surface area contributed by atoms with E-state index in [4.69, 9.17) is 9.57 Å². The topological polar surface area (TPSA) is 155 Å². The molecule has 0 saturated heterocycles. The van der Waals surface area contributed by atoms with Crippen molar-refractivity contribution in [1.29, 1.82) is 0 Å². The molecular weight excluding hydrogens is 402 g/mol. The van der Waals surface area contributed by atoms with Crippen molar-refractivity contribution in [2.24, 2.45) is 14.1 Å². The maximum absolute atomic E-state index is 12.3. The Hall–Kier alpha value is -4.16. The second kappa shape index (κ2) is 8.06. The highest BCUT2D eigenvalue weighted by molar-refractivity contribution is 6.30. The Morgan fingerprint density at radius 3 is 2.33 bits per heavy atom. The van der Waals surface area contributed by atoms with E-state index in [1.165, 1.54) is 26.2 Å². The van der Waals surface area contributed by atoms with Crippen LogP contribution in [-0.2, 0) is 28.5 Å². The zero-order chi connectivity index (χ0) is 22.0. The number of ether oxygens (including phenoxy) is 1. The SMILES string of the molecule is Cn1c2c(c(=O)n(C)c1=O)OC(=O)C(=O)ON2CCCNc1ccc([N+](=O)[O-])cc1. The summed E-state index contributed by atoms with van der Waals surface area (Å²) in [7, 11) is 2.56. The number of aromatic nitrogens is 2. The van der Waals surface area contributed by atoms with E-state index in [-0.39, 0.29) is 18.1 Å². The van der Waals surface area contributed by atoms with Crippen LogP contribution in [0.25, 0.3) is 0 Å². The van der Waals surface area contributed by atoms with Gasteiger partial charge < -0.3 is 14.9 Å². The molecule has 1 aliphatic rings. The van der Waals surface area contributed by atoms with E-state index in [1.807, 2.05) is 0 Å². The number of carbonyl (C=O) groups excluding carboxylic acids is 2. The minimum Gasteiger partial charge on any atom is -0.408 e. The molecule has 2 heterocycles. The molecule has 0 saturated carbocycles. The third-order valence-electron chi connectivity index (χ3n) is 4.33. The number of hydroxylamine groups is 1. The molecule has 13 nitrogen and oxygen atoms in total. The molecule has 2 aromatic rings. The Kier molecular flexibility index (Phi) is 5.53. The van der Waals surface area contributed by atoms with E-state index in [1.54, 1.807) is 12.1 Å². The van der Waals surface area contributed by atoms with Crippen molar-refractivity contribution in [2.75, 3.05) is 23.5 Å². The van der Waals surface area contributed by atoms with Gasteiger partial charge in [0.05, 0.1) is 11.5 Å². The summed E-state index contributed by atoms with van der Waals surface area (Å²) in [6.45, 7) is 0.380. The first-order valence-electron chi connectivity index (χ1n) is 8.70. The second-order valence-corrected chi connectivity index (χ2v) is 6.31. The van der Waals surface area contributed by atoms with Gasteiger partial charge in [0.15, 0.2) is 5.82 Å². The van der Waals surface area contributed by atoms with Crippen molar-refractivity contribution in [3.05, 3.63) is 55.2 Å². The van der Waals surface area contributed by atoms with Crippen molar-refractivity contribution in [3.8, 4) is 5.75 Å². The van der Waals surface area contributed by atoms with Crippen LogP contribution in [0.2, 0.25) is 0 Å². The number of hydrogen-bond donors (Lipinski definition) is 1. The van der Waals surface area contributed by atoms with E-state index in [2.05, 4.69) is 5.32 Å². The normalized spacial score (nSPS) is 13.2. The monoisotopic (exact) mass is 419 g/mol. The lowest BCUT2D eigenvalue weighted by atomic mass is 10.3. The lowest BCUT2D eigenvalue weighted by Gasteiger charge is -2.23. The summed E-state index contributed by atoms with van der Waals surface area (Å²) in [5, 5.41) is 14.7. The number of nitrogens with zero attached hydrogens (tertiary/aromatic N) is 4. The molecule has 13 heteroatoms. The number of carbonyl (C=O) groups is 2. The maximum Gasteiger partial charge on any atom is 0.442 e. The Labute approximate surface area is 168 Å². The molecule has 3 rings (SSSR count). The van der Waals surface area contributed by atoms with Gasteiger partial charge in [0.1, 0.15) is 0 Å². The summed E-state index contributed by atoms with van der Waals surface area (Å²) in [4.78, 5) is 63.3. The summed E-state index contributed by atoms with van der Waals surface area (Å²) in [5.41, 5.74) is -0.982. The van der Waals surface area contributed by atoms with Gasteiger partial charge >= 0.3 is 23.2 Å². The number of esters is 1. The largest absolute Gasteiger partial charge is 0.442 e. The first kappa shape index (κ1) is 20.6.